The zero-order chi connectivity index (χ0) is 15.2. The lowest BCUT2D eigenvalue weighted by Gasteiger charge is -2.26. The fraction of sp³-hybridized carbons (Fsp3) is 0.308. The number of ether oxygens (including phenoxy) is 3. The van der Waals surface area contributed by atoms with Gasteiger partial charge in [0.15, 0.2) is 23.4 Å². The summed E-state index contributed by atoms with van der Waals surface area (Å²) in [5.74, 6) is 0.788. The highest BCUT2D eigenvalue weighted by molar-refractivity contribution is 6.45. The van der Waals surface area contributed by atoms with Gasteiger partial charge in [0.2, 0.25) is 5.71 Å². The van der Waals surface area contributed by atoms with Gasteiger partial charge < -0.3 is 19.9 Å². The van der Waals surface area contributed by atoms with Crippen molar-refractivity contribution in [2.45, 2.75) is 6.10 Å². The smallest absolute Gasteiger partial charge is 0.201 e. The maximum atomic E-state index is 8.76. The van der Waals surface area contributed by atoms with Gasteiger partial charge in [-0.15, -0.1) is 0 Å². The normalized spacial score (nSPS) is 17.0. The van der Waals surface area contributed by atoms with E-state index in [2.05, 4.69) is 10.5 Å². The van der Waals surface area contributed by atoms with Crippen LogP contribution in [0.4, 0.5) is 5.69 Å². The molecule has 1 aliphatic heterocycles. The number of hydrogen-bond donors (Lipinski definition) is 3. The highest BCUT2D eigenvalue weighted by atomic mass is 16.6. The molecule has 1 heterocycles. The molecule has 110 valence electrons. The molecule has 1 atom stereocenters. The molecule has 0 bridgehead atoms. The van der Waals surface area contributed by atoms with E-state index in [-0.39, 0.29) is 11.8 Å². The van der Waals surface area contributed by atoms with Gasteiger partial charge in [-0.25, -0.2) is 0 Å². The SMILES string of the molecule is COCC1COc2ccc(N/N=C(\C#N)C(=N)N)cc2O1. The van der Waals surface area contributed by atoms with Crippen molar-refractivity contribution in [1.29, 1.82) is 10.7 Å². The van der Waals surface area contributed by atoms with E-state index in [1.807, 2.05) is 0 Å². The quantitative estimate of drug-likeness (QED) is 0.416. The van der Waals surface area contributed by atoms with E-state index in [0.717, 1.165) is 0 Å². The number of amidine groups is 1. The number of nitrogens with zero attached hydrogens (tertiary/aromatic N) is 2. The molecule has 0 amide bonds. The number of hydrazone groups is 1. The molecule has 0 spiro atoms. The molecule has 0 fully saturated rings. The number of nitrogens with one attached hydrogen (secondary N) is 2. The van der Waals surface area contributed by atoms with E-state index in [0.29, 0.717) is 30.4 Å². The number of benzene rings is 1. The van der Waals surface area contributed by atoms with Crippen molar-refractivity contribution in [3.8, 4) is 17.6 Å². The number of anilines is 1. The Balaban J connectivity index is 2.12. The first kappa shape index (κ1) is 14.6. The van der Waals surface area contributed by atoms with Gasteiger partial charge in [0.05, 0.1) is 12.3 Å². The monoisotopic (exact) mass is 289 g/mol. The summed E-state index contributed by atoms with van der Waals surface area (Å²) in [6.45, 7) is 0.854. The van der Waals surface area contributed by atoms with E-state index in [9.17, 15) is 0 Å². The Morgan fingerprint density at radius 2 is 2.43 bits per heavy atom. The van der Waals surface area contributed by atoms with Crippen LogP contribution in [0.2, 0.25) is 0 Å². The standard InChI is InChI=1S/C13H15N5O3/c1-19-6-9-7-20-11-3-2-8(4-12(11)21-9)17-18-10(5-14)13(15)16/h2-4,9,17H,6-7H2,1H3,(H3,15,16)/b18-10+. The van der Waals surface area contributed by atoms with E-state index < -0.39 is 5.84 Å². The first-order valence-electron chi connectivity index (χ1n) is 6.14. The Hall–Kier alpha value is -2.79. The van der Waals surface area contributed by atoms with Crippen molar-refractivity contribution in [1.82, 2.24) is 0 Å². The van der Waals surface area contributed by atoms with Crippen molar-refractivity contribution < 1.29 is 14.2 Å². The molecule has 21 heavy (non-hydrogen) atoms. The summed E-state index contributed by atoms with van der Waals surface area (Å²) >= 11 is 0. The molecular weight excluding hydrogens is 274 g/mol. The predicted molar refractivity (Wildman–Crippen MR) is 76.8 cm³/mol. The summed E-state index contributed by atoms with van der Waals surface area (Å²) in [5, 5.41) is 19.7. The summed E-state index contributed by atoms with van der Waals surface area (Å²) in [6, 6.07) is 6.87. The van der Waals surface area contributed by atoms with E-state index in [4.69, 9.17) is 30.6 Å². The third kappa shape index (κ3) is 3.61. The number of hydrogen-bond acceptors (Lipinski definition) is 7. The Morgan fingerprint density at radius 3 is 3.10 bits per heavy atom. The first-order valence-corrected chi connectivity index (χ1v) is 6.14. The average Bonchev–Trinajstić information content (AvgIpc) is 2.47. The van der Waals surface area contributed by atoms with Crippen molar-refractivity contribution in [2.24, 2.45) is 10.8 Å². The molecule has 1 aliphatic rings. The minimum absolute atomic E-state index is 0.173. The van der Waals surface area contributed by atoms with Crippen LogP contribution in [0.3, 0.4) is 0 Å². The Labute approximate surface area is 121 Å². The van der Waals surface area contributed by atoms with Gasteiger partial charge in [-0.1, -0.05) is 0 Å². The van der Waals surface area contributed by atoms with Gasteiger partial charge >= 0.3 is 0 Å². The van der Waals surface area contributed by atoms with Gasteiger partial charge in [-0.2, -0.15) is 10.4 Å². The average molecular weight is 289 g/mol. The third-order valence-corrected chi connectivity index (χ3v) is 2.67. The molecule has 2 rings (SSSR count). The number of methoxy groups -OCH3 is 1. The minimum Gasteiger partial charge on any atom is -0.486 e. The molecule has 0 saturated heterocycles. The summed E-state index contributed by atoms with van der Waals surface area (Å²) in [5.41, 5.74) is 8.25. The van der Waals surface area contributed by atoms with Crippen LogP contribution in [-0.2, 0) is 4.74 Å². The zero-order valence-corrected chi connectivity index (χ0v) is 11.4. The van der Waals surface area contributed by atoms with Crippen molar-refractivity contribution in [3.63, 3.8) is 0 Å². The lowest BCUT2D eigenvalue weighted by atomic mass is 10.2. The minimum atomic E-state index is -0.400. The van der Waals surface area contributed by atoms with Gasteiger partial charge in [0.25, 0.3) is 0 Å². The number of nitrogens with two attached hydrogens (primary N) is 1. The van der Waals surface area contributed by atoms with E-state index >= 15 is 0 Å². The molecule has 0 saturated carbocycles. The van der Waals surface area contributed by atoms with Gasteiger partial charge in [-0.3, -0.25) is 10.8 Å². The van der Waals surface area contributed by atoms with E-state index in [1.165, 1.54) is 0 Å². The maximum absolute atomic E-state index is 8.76. The summed E-state index contributed by atoms with van der Waals surface area (Å²) in [7, 11) is 1.59. The lowest BCUT2D eigenvalue weighted by molar-refractivity contribution is 0.0273. The summed E-state index contributed by atoms with van der Waals surface area (Å²) in [6.07, 6.45) is -0.173. The maximum Gasteiger partial charge on any atom is 0.201 e. The third-order valence-electron chi connectivity index (χ3n) is 2.67. The van der Waals surface area contributed by atoms with Crippen molar-refractivity contribution in [3.05, 3.63) is 18.2 Å². The Bertz CT molecular complexity index is 608. The van der Waals surface area contributed by atoms with Crippen molar-refractivity contribution in [2.75, 3.05) is 25.7 Å². The second kappa shape index (κ2) is 6.58. The van der Waals surface area contributed by atoms with Crippen LogP contribution in [0.15, 0.2) is 23.3 Å². The van der Waals surface area contributed by atoms with Crippen LogP contribution in [-0.4, -0.2) is 38.0 Å². The molecular formula is C13H15N5O3. The van der Waals surface area contributed by atoms with Crippen LogP contribution < -0.4 is 20.6 Å². The van der Waals surface area contributed by atoms with Crippen LogP contribution in [0.1, 0.15) is 0 Å². The van der Waals surface area contributed by atoms with E-state index in [1.54, 1.807) is 31.4 Å². The molecule has 8 nitrogen and oxygen atoms in total. The second-order valence-corrected chi connectivity index (χ2v) is 4.27. The molecule has 0 radical (unpaired) electrons. The molecule has 0 aromatic heterocycles. The molecule has 8 heteroatoms. The number of rotatable bonds is 5. The van der Waals surface area contributed by atoms with Crippen LogP contribution in [0.25, 0.3) is 0 Å². The summed E-state index contributed by atoms with van der Waals surface area (Å²) in [4.78, 5) is 0. The van der Waals surface area contributed by atoms with Crippen LogP contribution in [0.5, 0.6) is 11.5 Å². The molecule has 1 aromatic rings. The molecule has 1 aromatic carbocycles. The summed E-state index contributed by atoms with van der Waals surface area (Å²) < 4.78 is 16.3. The van der Waals surface area contributed by atoms with Crippen molar-refractivity contribution >= 4 is 17.2 Å². The largest absolute Gasteiger partial charge is 0.486 e. The lowest BCUT2D eigenvalue weighted by Crippen LogP contribution is -2.32. The second-order valence-electron chi connectivity index (χ2n) is 4.27. The highest BCUT2D eigenvalue weighted by Crippen LogP contribution is 2.34. The van der Waals surface area contributed by atoms with Gasteiger partial charge in [0.1, 0.15) is 12.7 Å². The molecule has 0 aliphatic carbocycles. The zero-order valence-electron chi connectivity index (χ0n) is 11.4. The fourth-order valence-corrected chi connectivity index (χ4v) is 1.72. The molecule has 4 N–H and O–H groups in total. The van der Waals surface area contributed by atoms with Crippen LogP contribution in [0, 0.1) is 16.7 Å². The Kier molecular flexibility index (Phi) is 4.58. The number of nitriles is 1. The predicted octanol–water partition coefficient (Wildman–Crippen LogP) is 0.700. The Morgan fingerprint density at radius 1 is 1.62 bits per heavy atom. The van der Waals surface area contributed by atoms with Gasteiger partial charge in [-0.05, 0) is 12.1 Å². The topological polar surface area (TPSA) is 126 Å². The van der Waals surface area contributed by atoms with Crippen LogP contribution >= 0.6 is 0 Å². The fourth-order valence-electron chi connectivity index (χ4n) is 1.72. The number of fused-ring (bicyclic) bond motifs is 1. The van der Waals surface area contributed by atoms with Gasteiger partial charge in [0, 0.05) is 13.2 Å². The molecule has 1 unspecified atom stereocenters. The highest BCUT2D eigenvalue weighted by Gasteiger charge is 2.21. The first-order chi connectivity index (χ1) is 10.1.